The summed E-state index contributed by atoms with van der Waals surface area (Å²) in [5.41, 5.74) is 0. The molecular weight excluding hydrogens is 336 g/mol. The summed E-state index contributed by atoms with van der Waals surface area (Å²) in [6.45, 7) is 8.99. The number of aromatic nitrogens is 1. The summed E-state index contributed by atoms with van der Waals surface area (Å²) in [5.74, 6) is 1.30. The van der Waals surface area contributed by atoms with E-state index in [1.165, 1.54) is 9.88 Å². The lowest BCUT2D eigenvalue weighted by Crippen LogP contribution is -2.48. The minimum absolute atomic E-state index is 0.0618. The van der Waals surface area contributed by atoms with E-state index in [1.807, 2.05) is 13.1 Å². The van der Waals surface area contributed by atoms with Gasteiger partial charge in [-0.15, -0.1) is 11.3 Å². The van der Waals surface area contributed by atoms with Gasteiger partial charge in [-0.05, 0) is 25.7 Å². The number of carbonyl (C=O) groups is 1. The zero-order valence-corrected chi connectivity index (χ0v) is 16.6. The van der Waals surface area contributed by atoms with Gasteiger partial charge in [-0.2, -0.15) is 0 Å². The zero-order chi connectivity index (χ0) is 18.2. The smallest absolute Gasteiger partial charge is 0.310 e. The highest BCUT2D eigenvalue weighted by Gasteiger charge is 2.28. The highest BCUT2D eigenvalue weighted by Crippen LogP contribution is 2.19. The zero-order valence-electron chi connectivity index (χ0n) is 15.7. The third kappa shape index (κ3) is 5.99. The van der Waals surface area contributed by atoms with Crippen LogP contribution in [0.1, 0.15) is 43.5 Å². The SMILES string of the molecule is CCOC(=O)[C@@H]1CCCN(C(=NC)NCc2cnc(CC(C)C)s2)C1. The fourth-order valence-corrected chi connectivity index (χ4v) is 4.07. The number of carbonyl (C=O) groups excluding carboxylic acids is 1. The molecule has 1 fully saturated rings. The molecule has 0 bridgehead atoms. The molecule has 25 heavy (non-hydrogen) atoms. The summed E-state index contributed by atoms with van der Waals surface area (Å²) in [6, 6.07) is 0. The van der Waals surface area contributed by atoms with Crippen molar-refractivity contribution in [2.45, 2.75) is 46.6 Å². The molecule has 0 saturated carbocycles. The first-order chi connectivity index (χ1) is 12.0. The quantitative estimate of drug-likeness (QED) is 0.476. The van der Waals surface area contributed by atoms with E-state index in [0.29, 0.717) is 25.6 Å². The Morgan fingerprint density at radius 1 is 1.56 bits per heavy atom. The summed E-state index contributed by atoms with van der Waals surface area (Å²) >= 11 is 1.75. The van der Waals surface area contributed by atoms with E-state index in [-0.39, 0.29) is 11.9 Å². The van der Waals surface area contributed by atoms with Crippen LogP contribution in [0.15, 0.2) is 11.2 Å². The fourth-order valence-electron chi connectivity index (χ4n) is 2.99. The van der Waals surface area contributed by atoms with Crippen molar-refractivity contribution in [1.82, 2.24) is 15.2 Å². The van der Waals surface area contributed by atoms with E-state index < -0.39 is 0 Å². The molecule has 0 aliphatic carbocycles. The number of esters is 1. The highest BCUT2D eigenvalue weighted by atomic mass is 32.1. The van der Waals surface area contributed by atoms with E-state index in [4.69, 9.17) is 4.74 Å². The molecule has 1 atom stereocenters. The van der Waals surface area contributed by atoms with Crippen LogP contribution in [0.2, 0.25) is 0 Å². The standard InChI is InChI=1S/C18H30N4O2S/c1-5-24-17(23)14-7-6-8-22(12-14)18(19-4)21-11-15-10-20-16(25-15)9-13(2)3/h10,13-14H,5-9,11-12H2,1-4H3,(H,19,21)/t14-/m1/s1. The van der Waals surface area contributed by atoms with E-state index in [9.17, 15) is 4.79 Å². The van der Waals surface area contributed by atoms with Gasteiger partial charge in [0.05, 0.1) is 24.1 Å². The van der Waals surface area contributed by atoms with Gasteiger partial charge in [-0.3, -0.25) is 9.79 Å². The maximum Gasteiger partial charge on any atom is 0.310 e. The van der Waals surface area contributed by atoms with Crippen molar-refractivity contribution < 1.29 is 9.53 Å². The average molecular weight is 367 g/mol. The van der Waals surface area contributed by atoms with Crippen molar-refractivity contribution in [3.63, 3.8) is 0 Å². The number of hydrogen-bond donors (Lipinski definition) is 1. The Bertz CT molecular complexity index is 585. The second-order valence-corrected chi connectivity index (χ2v) is 7.96. The van der Waals surface area contributed by atoms with Crippen molar-refractivity contribution in [2.24, 2.45) is 16.8 Å². The molecule has 0 radical (unpaired) electrons. The van der Waals surface area contributed by atoms with Crippen LogP contribution < -0.4 is 5.32 Å². The number of aliphatic imine (C=N–C) groups is 1. The first kappa shape index (κ1) is 19.7. The number of thiazole rings is 1. The molecule has 140 valence electrons. The molecule has 1 aromatic heterocycles. The number of guanidine groups is 1. The molecule has 2 heterocycles. The van der Waals surface area contributed by atoms with E-state index in [1.54, 1.807) is 18.4 Å². The lowest BCUT2D eigenvalue weighted by molar-refractivity contribution is -0.149. The summed E-state index contributed by atoms with van der Waals surface area (Å²) < 4.78 is 5.17. The van der Waals surface area contributed by atoms with Gasteiger partial charge < -0.3 is 15.0 Å². The molecule has 6 nitrogen and oxygen atoms in total. The molecular formula is C18H30N4O2S. The molecule has 1 aliphatic rings. The minimum atomic E-state index is -0.0940. The average Bonchev–Trinajstić information content (AvgIpc) is 3.02. The Kier molecular flexibility index (Phi) is 7.68. The predicted octanol–water partition coefficient (Wildman–Crippen LogP) is 2.69. The molecule has 0 spiro atoms. The van der Waals surface area contributed by atoms with Crippen LogP contribution in [0.3, 0.4) is 0 Å². The number of nitrogens with zero attached hydrogens (tertiary/aromatic N) is 3. The van der Waals surface area contributed by atoms with Gasteiger partial charge in [-0.25, -0.2) is 4.98 Å². The van der Waals surface area contributed by atoms with Crippen LogP contribution >= 0.6 is 11.3 Å². The van der Waals surface area contributed by atoms with E-state index in [0.717, 1.165) is 31.8 Å². The number of likely N-dealkylation sites (tertiary alicyclic amines) is 1. The Morgan fingerprint density at radius 3 is 3.04 bits per heavy atom. The van der Waals surface area contributed by atoms with Gasteiger partial charge >= 0.3 is 5.97 Å². The van der Waals surface area contributed by atoms with Gasteiger partial charge in [0.2, 0.25) is 0 Å². The molecule has 0 amide bonds. The Morgan fingerprint density at radius 2 is 2.36 bits per heavy atom. The van der Waals surface area contributed by atoms with Crippen molar-refractivity contribution >= 4 is 23.3 Å². The van der Waals surface area contributed by atoms with Crippen LogP contribution in [-0.4, -0.2) is 48.6 Å². The fraction of sp³-hybridized carbons (Fsp3) is 0.722. The molecule has 0 aromatic carbocycles. The number of rotatable bonds is 6. The maximum absolute atomic E-state index is 12.0. The van der Waals surface area contributed by atoms with Crippen molar-refractivity contribution in [3.05, 3.63) is 16.1 Å². The number of hydrogen-bond acceptors (Lipinski definition) is 5. The van der Waals surface area contributed by atoms with Crippen molar-refractivity contribution in [1.29, 1.82) is 0 Å². The van der Waals surface area contributed by atoms with Gasteiger partial charge in [0.25, 0.3) is 0 Å². The van der Waals surface area contributed by atoms with Crippen LogP contribution in [0.5, 0.6) is 0 Å². The van der Waals surface area contributed by atoms with Crippen LogP contribution in [-0.2, 0) is 22.5 Å². The number of piperidine rings is 1. The van der Waals surface area contributed by atoms with Crippen LogP contribution in [0.4, 0.5) is 0 Å². The van der Waals surface area contributed by atoms with Crippen molar-refractivity contribution in [3.8, 4) is 0 Å². The van der Waals surface area contributed by atoms with Gasteiger partial charge in [0, 0.05) is 37.6 Å². The van der Waals surface area contributed by atoms with Gasteiger partial charge in [0.15, 0.2) is 5.96 Å². The second kappa shape index (κ2) is 9.75. The highest BCUT2D eigenvalue weighted by molar-refractivity contribution is 7.11. The van der Waals surface area contributed by atoms with E-state index in [2.05, 4.69) is 34.0 Å². The Balaban J connectivity index is 1.89. The molecule has 1 saturated heterocycles. The van der Waals surface area contributed by atoms with Crippen molar-refractivity contribution in [2.75, 3.05) is 26.7 Å². The molecule has 2 rings (SSSR count). The summed E-state index contributed by atoms with van der Waals surface area (Å²) in [6.07, 6.45) is 4.83. The topological polar surface area (TPSA) is 66.8 Å². The lowest BCUT2D eigenvalue weighted by Gasteiger charge is -2.33. The largest absolute Gasteiger partial charge is 0.466 e. The first-order valence-electron chi connectivity index (χ1n) is 9.09. The summed E-state index contributed by atoms with van der Waals surface area (Å²) in [5, 5.41) is 4.59. The Labute approximate surface area is 154 Å². The molecule has 1 N–H and O–H groups in total. The summed E-state index contributed by atoms with van der Waals surface area (Å²) in [7, 11) is 1.78. The Hall–Kier alpha value is -1.63. The predicted molar refractivity (Wildman–Crippen MR) is 102 cm³/mol. The maximum atomic E-state index is 12.0. The molecule has 7 heteroatoms. The van der Waals surface area contributed by atoms with Crippen LogP contribution in [0.25, 0.3) is 0 Å². The van der Waals surface area contributed by atoms with Crippen LogP contribution in [0, 0.1) is 11.8 Å². The second-order valence-electron chi connectivity index (χ2n) is 6.76. The number of ether oxygens (including phenoxy) is 1. The minimum Gasteiger partial charge on any atom is -0.466 e. The summed E-state index contributed by atoms with van der Waals surface area (Å²) in [4.78, 5) is 24.2. The first-order valence-corrected chi connectivity index (χ1v) is 9.90. The van der Waals surface area contributed by atoms with E-state index >= 15 is 0 Å². The third-order valence-corrected chi connectivity index (χ3v) is 5.18. The van der Waals surface area contributed by atoms with Gasteiger partial charge in [-0.1, -0.05) is 13.8 Å². The van der Waals surface area contributed by atoms with Gasteiger partial charge in [0.1, 0.15) is 0 Å². The molecule has 0 unspecified atom stereocenters. The third-order valence-electron chi connectivity index (χ3n) is 4.16. The number of nitrogens with one attached hydrogen (secondary N) is 1. The normalized spacial score (nSPS) is 18.5. The molecule has 1 aromatic rings. The monoisotopic (exact) mass is 366 g/mol. The molecule has 1 aliphatic heterocycles. The lowest BCUT2D eigenvalue weighted by atomic mass is 9.98.